The van der Waals surface area contributed by atoms with E-state index in [1.54, 1.807) is 18.1 Å². The van der Waals surface area contributed by atoms with E-state index in [0.29, 0.717) is 74.7 Å². The summed E-state index contributed by atoms with van der Waals surface area (Å²) >= 11 is 0. The van der Waals surface area contributed by atoms with Gasteiger partial charge in [0, 0.05) is 57.7 Å². The molecule has 2 aromatic rings. The molecule has 12 nitrogen and oxygen atoms in total. The molecule has 1 saturated heterocycles. The molecule has 1 fully saturated rings. The molecule has 0 bridgehead atoms. The molecule has 0 aromatic carbocycles. The lowest BCUT2D eigenvalue weighted by Gasteiger charge is -2.34. The summed E-state index contributed by atoms with van der Waals surface area (Å²) in [5.74, 6) is 0.728. The Morgan fingerprint density at radius 3 is 2.84 bits per heavy atom. The van der Waals surface area contributed by atoms with Crippen molar-refractivity contribution in [1.29, 1.82) is 5.26 Å². The first-order valence-corrected chi connectivity index (χ1v) is 12.7. The summed E-state index contributed by atoms with van der Waals surface area (Å²) in [6.07, 6.45) is 3.50. The summed E-state index contributed by atoms with van der Waals surface area (Å²) in [6, 6.07) is 5.13. The first kappa shape index (κ1) is 27.0. The number of fused-ring (bicyclic) bond motifs is 1. The number of nitriles is 1. The fraction of sp³-hybridized carbons (Fsp3) is 0.462. The Morgan fingerprint density at radius 2 is 2.13 bits per heavy atom. The fourth-order valence-electron chi connectivity index (χ4n) is 4.61. The number of ether oxygens (including phenoxy) is 1. The second-order valence-electron chi connectivity index (χ2n) is 9.15. The minimum absolute atomic E-state index is 0.0275. The van der Waals surface area contributed by atoms with Crippen LogP contribution >= 0.6 is 0 Å². The first-order valence-electron chi connectivity index (χ1n) is 12.7. The van der Waals surface area contributed by atoms with Gasteiger partial charge in [-0.1, -0.05) is 6.92 Å². The molecule has 38 heavy (non-hydrogen) atoms. The van der Waals surface area contributed by atoms with Crippen molar-refractivity contribution in [3.63, 3.8) is 0 Å². The minimum atomic E-state index is -0.436. The van der Waals surface area contributed by atoms with Crippen LogP contribution in [0.5, 0.6) is 0 Å². The Kier molecular flexibility index (Phi) is 8.83. The number of aryl methyl sites for hydroxylation is 1. The number of methoxy groups -OCH3 is 1. The number of pyridine rings is 2. The van der Waals surface area contributed by atoms with Crippen LogP contribution in [0.3, 0.4) is 0 Å². The van der Waals surface area contributed by atoms with Crippen molar-refractivity contribution in [2.75, 3.05) is 68.5 Å². The number of hydrogen-bond acceptors (Lipinski definition) is 9. The zero-order valence-electron chi connectivity index (χ0n) is 21.7. The molecule has 2 N–H and O–H groups in total. The molecule has 0 aliphatic carbocycles. The number of carbonyl (C=O) groups excluding carboxylic acids is 3. The van der Waals surface area contributed by atoms with Crippen LogP contribution in [0.1, 0.15) is 40.5 Å². The summed E-state index contributed by atoms with van der Waals surface area (Å²) in [6.45, 7) is 6.28. The van der Waals surface area contributed by atoms with Crippen LogP contribution in [-0.4, -0.2) is 91.0 Å². The number of likely N-dealkylation sites (N-methyl/N-ethyl adjacent to an activating group) is 1. The van der Waals surface area contributed by atoms with Crippen molar-refractivity contribution < 1.29 is 19.1 Å². The summed E-state index contributed by atoms with van der Waals surface area (Å²) in [4.78, 5) is 51.9. The molecule has 4 heterocycles. The summed E-state index contributed by atoms with van der Waals surface area (Å²) in [7, 11) is 1.58. The Balaban J connectivity index is 1.52. The van der Waals surface area contributed by atoms with Crippen LogP contribution < -0.4 is 15.5 Å². The molecule has 12 heteroatoms. The SMILES string of the molecule is CCN1CCN(Cc2cc3c(nc2C=O)N(C(=O)Nc2cc(NCCOC)c(C#N)cn2)CCC3)C(=O)C1. The largest absolute Gasteiger partial charge is 0.383 e. The number of carbonyl (C=O) groups is 3. The van der Waals surface area contributed by atoms with Crippen molar-refractivity contribution in [1.82, 2.24) is 19.8 Å². The van der Waals surface area contributed by atoms with Crippen LogP contribution in [0, 0.1) is 11.3 Å². The van der Waals surface area contributed by atoms with E-state index < -0.39 is 6.03 Å². The number of anilines is 3. The molecule has 2 aliphatic rings. The number of hydrogen-bond donors (Lipinski definition) is 2. The maximum absolute atomic E-state index is 13.2. The predicted molar refractivity (Wildman–Crippen MR) is 141 cm³/mol. The number of nitrogens with one attached hydrogen (secondary N) is 2. The van der Waals surface area contributed by atoms with Gasteiger partial charge < -0.3 is 15.0 Å². The van der Waals surface area contributed by atoms with Crippen LogP contribution in [0.15, 0.2) is 18.3 Å². The number of nitrogens with zero attached hydrogens (tertiary/aromatic N) is 6. The smallest absolute Gasteiger partial charge is 0.328 e. The standard InChI is InChI=1S/C26H32N8O4/c1-3-32-8-9-33(24(36)16-32)15-19-11-18-5-4-7-34(25(18)30-22(19)17-35)26(37)31-23-12-21(28-6-10-38-2)20(13-27)14-29-23/h11-12,14,17H,3-10,15-16H2,1-2H3,(H2,28,29,31,37). The van der Waals surface area contributed by atoms with Gasteiger partial charge >= 0.3 is 6.03 Å². The molecule has 0 saturated carbocycles. The highest BCUT2D eigenvalue weighted by molar-refractivity contribution is 6.01. The molecule has 0 radical (unpaired) electrons. The minimum Gasteiger partial charge on any atom is -0.383 e. The number of piperazine rings is 1. The van der Waals surface area contributed by atoms with E-state index in [-0.39, 0.29) is 17.4 Å². The molecule has 2 aromatic heterocycles. The topological polar surface area (TPSA) is 144 Å². The van der Waals surface area contributed by atoms with Crippen molar-refractivity contribution in [3.05, 3.63) is 40.7 Å². The Bertz CT molecular complexity index is 1240. The Hall–Kier alpha value is -4.08. The third kappa shape index (κ3) is 6.07. The lowest BCUT2D eigenvalue weighted by atomic mass is 10.0. The van der Waals surface area contributed by atoms with Gasteiger partial charge in [-0.2, -0.15) is 5.26 Å². The van der Waals surface area contributed by atoms with Gasteiger partial charge in [-0.15, -0.1) is 0 Å². The fourth-order valence-corrected chi connectivity index (χ4v) is 4.61. The van der Waals surface area contributed by atoms with Crippen molar-refractivity contribution >= 4 is 35.5 Å². The average Bonchev–Trinajstić information content (AvgIpc) is 2.93. The maximum atomic E-state index is 13.2. The molecular weight excluding hydrogens is 488 g/mol. The molecule has 0 spiro atoms. The quantitative estimate of drug-likeness (QED) is 0.374. The third-order valence-electron chi connectivity index (χ3n) is 6.72. The van der Waals surface area contributed by atoms with Gasteiger partial charge in [0.25, 0.3) is 0 Å². The summed E-state index contributed by atoms with van der Waals surface area (Å²) in [5, 5.41) is 15.2. The lowest BCUT2D eigenvalue weighted by Crippen LogP contribution is -2.49. The van der Waals surface area contributed by atoms with Gasteiger partial charge in [-0.05, 0) is 31.0 Å². The van der Waals surface area contributed by atoms with E-state index in [4.69, 9.17) is 4.74 Å². The number of amides is 3. The number of urea groups is 1. The molecule has 0 atom stereocenters. The molecule has 0 unspecified atom stereocenters. The summed E-state index contributed by atoms with van der Waals surface area (Å²) < 4.78 is 5.04. The normalized spacial score (nSPS) is 15.6. The molecule has 200 valence electrons. The van der Waals surface area contributed by atoms with E-state index in [1.807, 2.05) is 13.0 Å². The number of aromatic nitrogens is 2. The van der Waals surface area contributed by atoms with Gasteiger partial charge in [0.15, 0.2) is 6.29 Å². The molecule has 4 rings (SSSR count). The summed E-state index contributed by atoms with van der Waals surface area (Å²) in [5.41, 5.74) is 2.63. The number of aldehydes is 1. The Labute approximate surface area is 221 Å². The van der Waals surface area contributed by atoms with E-state index in [9.17, 15) is 19.6 Å². The number of rotatable bonds is 9. The highest BCUT2D eigenvalue weighted by atomic mass is 16.5. The van der Waals surface area contributed by atoms with Gasteiger partial charge in [0.1, 0.15) is 23.4 Å². The van der Waals surface area contributed by atoms with Crippen molar-refractivity contribution in [2.24, 2.45) is 0 Å². The highest BCUT2D eigenvalue weighted by Crippen LogP contribution is 2.29. The van der Waals surface area contributed by atoms with Gasteiger partial charge in [0.05, 0.1) is 24.4 Å². The highest BCUT2D eigenvalue weighted by Gasteiger charge is 2.28. The molecular formula is C26H32N8O4. The third-order valence-corrected chi connectivity index (χ3v) is 6.72. The average molecular weight is 521 g/mol. The lowest BCUT2D eigenvalue weighted by molar-refractivity contribution is -0.136. The van der Waals surface area contributed by atoms with Crippen LogP contribution in [0.25, 0.3) is 0 Å². The van der Waals surface area contributed by atoms with Gasteiger partial charge in [0.2, 0.25) is 5.91 Å². The van der Waals surface area contributed by atoms with Crippen LogP contribution in [-0.2, 0) is 22.5 Å². The van der Waals surface area contributed by atoms with Crippen molar-refractivity contribution in [3.8, 4) is 6.07 Å². The Morgan fingerprint density at radius 1 is 1.29 bits per heavy atom. The van der Waals surface area contributed by atoms with E-state index in [2.05, 4.69) is 31.6 Å². The zero-order chi connectivity index (χ0) is 27.1. The van der Waals surface area contributed by atoms with E-state index in [1.165, 1.54) is 11.1 Å². The predicted octanol–water partition coefficient (Wildman–Crippen LogP) is 1.87. The monoisotopic (exact) mass is 520 g/mol. The molecule has 3 amide bonds. The second kappa shape index (κ2) is 12.4. The second-order valence-corrected chi connectivity index (χ2v) is 9.15. The van der Waals surface area contributed by atoms with Crippen molar-refractivity contribution in [2.45, 2.75) is 26.3 Å². The van der Waals surface area contributed by atoms with Gasteiger partial charge in [-0.3, -0.25) is 24.7 Å². The molecule has 2 aliphatic heterocycles. The van der Waals surface area contributed by atoms with Gasteiger partial charge in [-0.25, -0.2) is 14.8 Å². The van der Waals surface area contributed by atoms with E-state index in [0.717, 1.165) is 25.1 Å². The maximum Gasteiger partial charge on any atom is 0.328 e. The van der Waals surface area contributed by atoms with E-state index >= 15 is 0 Å². The van der Waals surface area contributed by atoms with Crippen LogP contribution in [0.2, 0.25) is 0 Å². The zero-order valence-corrected chi connectivity index (χ0v) is 21.7. The van der Waals surface area contributed by atoms with Crippen LogP contribution in [0.4, 0.5) is 22.1 Å². The first-order chi connectivity index (χ1) is 18.5.